The van der Waals surface area contributed by atoms with Gasteiger partial charge in [-0.2, -0.15) is 5.10 Å². The van der Waals surface area contributed by atoms with Gasteiger partial charge in [0.25, 0.3) is 5.91 Å². The average molecular weight is 340 g/mol. The van der Waals surface area contributed by atoms with Gasteiger partial charge < -0.3 is 14.2 Å². The average Bonchev–Trinajstić information content (AvgIpc) is 2.66. The van der Waals surface area contributed by atoms with Crippen molar-refractivity contribution in [2.24, 2.45) is 5.10 Å². The van der Waals surface area contributed by atoms with E-state index in [9.17, 15) is 4.79 Å². The lowest BCUT2D eigenvalue weighted by Crippen LogP contribution is -2.17. The first kappa shape index (κ1) is 18.1. The van der Waals surface area contributed by atoms with Gasteiger partial charge in [-0.15, -0.1) is 0 Å². The Morgan fingerprint density at radius 1 is 1.12 bits per heavy atom. The molecular formula is C19H20N2O4. The Balaban J connectivity index is 2.07. The summed E-state index contributed by atoms with van der Waals surface area (Å²) in [6.45, 7) is 4.01. The molecule has 6 nitrogen and oxygen atoms in total. The van der Waals surface area contributed by atoms with Crippen LogP contribution in [0.25, 0.3) is 0 Å². The number of nitrogens with one attached hydrogen (secondary N) is 1. The number of ether oxygens (including phenoxy) is 3. The van der Waals surface area contributed by atoms with E-state index in [0.717, 1.165) is 5.56 Å². The zero-order valence-electron chi connectivity index (χ0n) is 14.2. The van der Waals surface area contributed by atoms with Gasteiger partial charge in [0, 0.05) is 11.1 Å². The number of nitrogens with zero attached hydrogens (tertiary/aromatic N) is 1. The van der Waals surface area contributed by atoms with Crippen LogP contribution < -0.4 is 19.6 Å². The van der Waals surface area contributed by atoms with Crippen molar-refractivity contribution in [2.45, 2.75) is 0 Å². The van der Waals surface area contributed by atoms with E-state index >= 15 is 0 Å². The Bertz CT molecular complexity index is 772. The minimum absolute atomic E-state index is 0.360. The number of para-hydroxylation sites is 1. The number of hydrazone groups is 1. The molecule has 2 aromatic carbocycles. The highest BCUT2D eigenvalue weighted by molar-refractivity contribution is 5.95. The van der Waals surface area contributed by atoms with Crippen LogP contribution in [-0.2, 0) is 0 Å². The molecule has 0 unspecified atom stereocenters. The van der Waals surface area contributed by atoms with Crippen molar-refractivity contribution in [3.05, 3.63) is 66.2 Å². The quantitative estimate of drug-likeness (QED) is 0.456. The molecule has 0 saturated carbocycles. The number of rotatable bonds is 8. The van der Waals surface area contributed by atoms with Crippen LogP contribution in [0.4, 0.5) is 0 Å². The second-order valence-corrected chi connectivity index (χ2v) is 4.91. The lowest BCUT2D eigenvalue weighted by atomic mass is 10.2. The van der Waals surface area contributed by atoms with E-state index in [1.54, 1.807) is 24.3 Å². The molecule has 6 heteroatoms. The predicted octanol–water partition coefficient (Wildman–Crippen LogP) is 3.03. The van der Waals surface area contributed by atoms with Gasteiger partial charge in [-0.05, 0) is 30.3 Å². The van der Waals surface area contributed by atoms with Gasteiger partial charge in [0.15, 0.2) is 11.5 Å². The van der Waals surface area contributed by atoms with E-state index in [1.165, 1.54) is 20.4 Å². The summed E-state index contributed by atoms with van der Waals surface area (Å²) in [5, 5.41) is 3.98. The summed E-state index contributed by atoms with van der Waals surface area (Å²) < 4.78 is 15.9. The van der Waals surface area contributed by atoms with E-state index in [4.69, 9.17) is 14.2 Å². The van der Waals surface area contributed by atoms with E-state index in [1.807, 2.05) is 24.3 Å². The van der Waals surface area contributed by atoms with Crippen molar-refractivity contribution in [2.75, 3.05) is 20.8 Å². The van der Waals surface area contributed by atoms with Gasteiger partial charge in [-0.25, -0.2) is 5.43 Å². The van der Waals surface area contributed by atoms with Crippen LogP contribution in [-0.4, -0.2) is 32.9 Å². The van der Waals surface area contributed by atoms with Crippen LogP contribution in [0.2, 0.25) is 0 Å². The fourth-order valence-electron chi connectivity index (χ4n) is 2.07. The van der Waals surface area contributed by atoms with Gasteiger partial charge in [0.2, 0.25) is 0 Å². The lowest BCUT2D eigenvalue weighted by Gasteiger charge is -2.09. The van der Waals surface area contributed by atoms with E-state index in [0.29, 0.717) is 29.4 Å². The van der Waals surface area contributed by atoms with E-state index < -0.39 is 0 Å². The Morgan fingerprint density at radius 3 is 2.60 bits per heavy atom. The van der Waals surface area contributed by atoms with Crippen LogP contribution in [0, 0.1) is 0 Å². The Labute approximate surface area is 146 Å². The monoisotopic (exact) mass is 340 g/mol. The van der Waals surface area contributed by atoms with Gasteiger partial charge in [0.1, 0.15) is 12.4 Å². The molecule has 0 bridgehead atoms. The fourth-order valence-corrected chi connectivity index (χ4v) is 2.07. The van der Waals surface area contributed by atoms with Crippen molar-refractivity contribution < 1.29 is 19.0 Å². The molecule has 2 aromatic rings. The number of methoxy groups -OCH3 is 2. The van der Waals surface area contributed by atoms with Gasteiger partial charge >= 0.3 is 0 Å². The van der Waals surface area contributed by atoms with Gasteiger partial charge in [-0.3, -0.25) is 4.79 Å². The SMILES string of the molecule is C=CCOc1ccccc1/C=N\NC(=O)c1ccc(OC)c(OC)c1. The van der Waals surface area contributed by atoms with Crippen molar-refractivity contribution in [3.8, 4) is 17.2 Å². The van der Waals surface area contributed by atoms with Crippen molar-refractivity contribution in [3.63, 3.8) is 0 Å². The van der Waals surface area contributed by atoms with Gasteiger partial charge in [0.05, 0.1) is 20.4 Å². The highest BCUT2D eigenvalue weighted by Crippen LogP contribution is 2.27. The molecule has 0 spiro atoms. The first-order valence-corrected chi connectivity index (χ1v) is 7.57. The summed E-state index contributed by atoms with van der Waals surface area (Å²) in [6.07, 6.45) is 3.18. The second-order valence-electron chi connectivity index (χ2n) is 4.91. The molecule has 0 saturated heterocycles. The lowest BCUT2D eigenvalue weighted by molar-refractivity contribution is 0.0954. The van der Waals surface area contributed by atoms with Crippen LogP contribution in [0.1, 0.15) is 15.9 Å². The van der Waals surface area contributed by atoms with Gasteiger partial charge in [-0.1, -0.05) is 24.8 Å². The molecule has 0 atom stereocenters. The zero-order valence-corrected chi connectivity index (χ0v) is 14.2. The molecule has 0 heterocycles. The summed E-state index contributed by atoms with van der Waals surface area (Å²) in [5.74, 6) is 1.33. The molecular weight excluding hydrogens is 320 g/mol. The molecule has 0 aromatic heterocycles. The van der Waals surface area contributed by atoms with Crippen LogP contribution >= 0.6 is 0 Å². The van der Waals surface area contributed by atoms with Crippen molar-refractivity contribution >= 4 is 12.1 Å². The highest BCUT2D eigenvalue weighted by Gasteiger charge is 2.10. The topological polar surface area (TPSA) is 69.2 Å². The third kappa shape index (κ3) is 4.84. The number of carbonyl (C=O) groups is 1. The zero-order chi connectivity index (χ0) is 18.1. The summed E-state index contributed by atoms with van der Waals surface area (Å²) in [7, 11) is 3.05. The maximum Gasteiger partial charge on any atom is 0.271 e. The number of carbonyl (C=O) groups excluding carboxylic acids is 1. The number of amides is 1. The van der Waals surface area contributed by atoms with E-state index in [2.05, 4.69) is 17.1 Å². The number of hydrogen-bond acceptors (Lipinski definition) is 5. The first-order valence-electron chi connectivity index (χ1n) is 7.57. The molecule has 2 rings (SSSR count). The fraction of sp³-hybridized carbons (Fsp3) is 0.158. The van der Waals surface area contributed by atoms with Crippen LogP contribution in [0.3, 0.4) is 0 Å². The maximum absolute atomic E-state index is 12.2. The molecule has 0 radical (unpaired) electrons. The molecule has 1 N–H and O–H groups in total. The minimum atomic E-state index is -0.360. The highest BCUT2D eigenvalue weighted by atomic mass is 16.5. The molecule has 0 fully saturated rings. The normalized spacial score (nSPS) is 10.3. The smallest absolute Gasteiger partial charge is 0.271 e. The predicted molar refractivity (Wildman–Crippen MR) is 96.7 cm³/mol. The molecule has 0 aliphatic heterocycles. The Morgan fingerprint density at radius 2 is 1.88 bits per heavy atom. The van der Waals surface area contributed by atoms with Crippen molar-refractivity contribution in [1.29, 1.82) is 0 Å². The largest absolute Gasteiger partial charge is 0.493 e. The third-order valence-electron chi connectivity index (χ3n) is 3.29. The summed E-state index contributed by atoms with van der Waals surface area (Å²) in [5.41, 5.74) is 3.63. The Hall–Kier alpha value is -3.28. The molecule has 1 amide bonds. The van der Waals surface area contributed by atoms with Crippen LogP contribution in [0.5, 0.6) is 17.2 Å². The van der Waals surface area contributed by atoms with Crippen molar-refractivity contribution in [1.82, 2.24) is 5.43 Å². The summed E-state index contributed by atoms with van der Waals surface area (Å²) in [4.78, 5) is 12.2. The molecule has 0 aliphatic rings. The first-order chi connectivity index (χ1) is 12.2. The number of benzene rings is 2. The summed E-state index contributed by atoms with van der Waals surface area (Å²) in [6, 6.07) is 12.3. The molecule has 130 valence electrons. The standard InChI is InChI=1S/C19H20N2O4/c1-4-11-25-16-8-6-5-7-15(16)13-20-21-19(22)14-9-10-17(23-2)18(12-14)24-3/h4-10,12-13H,1,11H2,2-3H3,(H,21,22)/b20-13-. The maximum atomic E-state index is 12.2. The van der Waals surface area contributed by atoms with E-state index in [-0.39, 0.29) is 5.91 Å². The molecule has 25 heavy (non-hydrogen) atoms. The third-order valence-corrected chi connectivity index (χ3v) is 3.29. The molecule has 0 aliphatic carbocycles. The Kier molecular flexibility index (Phi) is 6.59. The second kappa shape index (κ2) is 9.12. The van der Waals surface area contributed by atoms with Crippen LogP contribution in [0.15, 0.2) is 60.2 Å². The number of hydrogen-bond donors (Lipinski definition) is 1. The minimum Gasteiger partial charge on any atom is -0.493 e. The summed E-state index contributed by atoms with van der Waals surface area (Å²) >= 11 is 0.